The van der Waals surface area contributed by atoms with Gasteiger partial charge < -0.3 is 9.32 Å². The third-order valence-electron chi connectivity index (χ3n) is 5.06. The average Bonchev–Trinajstić information content (AvgIpc) is 3.19. The topological polar surface area (TPSA) is 105 Å². The summed E-state index contributed by atoms with van der Waals surface area (Å²) >= 11 is 0. The normalized spacial score (nSPS) is 17.0. The predicted octanol–water partition coefficient (Wildman–Crippen LogP) is 1.09. The van der Waals surface area contributed by atoms with Crippen molar-refractivity contribution in [2.45, 2.75) is 17.4 Å². The van der Waals surface area contributed by atoms with Gasteiger partial charge in [-0.1, -0.05) is 12.1 Å². The number of hydrogen-bond donors (Lipinski definition) is 0. The van der Waals surface area contributed by atoms with Gasteiger partial charge in [0.2, 0.25) is 5.91 Å². The molecular weight excluding hydrogens is 384 g/mol. The van der Waals surface area contributed by atoms with E-state index in [-0.39, 0.29) is 37.7 Å². The molecule has 0 N–H and O–H groups in total. The van der Waals surface area contributed by atoms with Gasteiger partial charge in [-0.2, -0.15) is 0 Å². The lowest BCUT2D eigenvalue weighted by molar-refractivity contribution is -0.134. The van der Waals surface area contributed by atoms with Crippen molar-refractivity contribution in [3.05, 3.63) is 59.5 Å². The van der Waals surface area contributed by atoms with Crippen LogP contribution in [0.1, 0.15) is 32.9 Å². The highest BCUT2D eigenvalue weighted by molar-refractivity contribution is 7.91. The first-order valence-corrected chi connectivity index (χ1v) is 10.6. The Bertz CT molecular complexity index is 1000. The monoisotopic (exact) mass is 402 g/mol. The van der Waals surface area contributed by atoms with E-state index in [1.165, 1.54) is 11.2 Å². The molecule has 2 aliphatic heterocycles. The van der Waals surface area contributed by atoms with E-state index in [2.05, 4.69) is 0 Å². The van der Waals surface area contributed by atoms with Crippen LogP contribution in [-0.2, 0) is 20.4 Å². The van der Waals surface area contributed by atoms with Crippen molar-refractivity contribution < 1.29 is 27.2 Å². The fourth-order valence-corrected chi connectivity index (χ4v) is 5.00. The largest absolute Gasteiger partial charge is 0.468 e. The molecule has 2 aromatic rings. The van der Waals surface area contributed by atoms with Gasteiger partial charge >= 0.3 is 0 Å². The number of likely N-dealkylation sites (tertiary alicyclic amines) is 1. The molecule has 28 heavy (non-hydrogen) atoms. The molecule has 1 aromatic carbocycles. The Kier molecular flexibility index (Phi) is 4.54. The minimum absolute atomic E-state index is 0.0223. The van der Waals surface area contributed by atoms with Crippen LogP contribution in [0.2, 0.25) is 0 Å². The lowest BCUT2D eigenvalue weighted by Crippen LogP contribution is -2.57. The Morgan fingerprint density at radius 1 is 1.04 bits per heavy atom. The average molecular weight is 402 g/mol. The lowest BCUT2D eigenvalue weighted by Gasteiger charge is -2.38. The molecule has 1 fully saturated rings. The molecule has 0 radical (unpaired) electrons. The van der Waals surface area contributed by atoms with Crippen molar-refractivity contribution in [3.8, 4) is 0 Å². The molecule has 8 nitrogen and oxygen atoms in total. The van der Waals surface area contributed by atoms with Gasteiger partial charge in [-0.25, -0.2) is 8.42 Å². The zero-order valence-corrected chi connectivity index (χ0v) is 15.7. The van der Waals surface area contributed by atoms with Crippen LogP contribution in [-0.4, -0.2) is 60.8 Å². The summed E-state index contributed by atoms with van der Waals surface area (Å²) in [7, 11) is -3.40. The number of rotatable bonds is 6. The second kappa shape index (κ2) is 6.90. The number of benzene rings is 1. The molecule has 1 aromatic heterocycles. The van der Waals surface area contributed by atoms with Crippen molar-refractivity contribution in [2.24, 2.45) is 0 Å². The molecule has 3 heterocycles. The number of hydrogen-bond acceptors (Lipinski definition) is 6. The quantitative estimate of drug-likeness (QED) is 0.670. The van der Waals surface area contributed by atoms with E-state index in [9.17, 15) is 22.8 Å². The number of imide groups is 1. The molecule has 9 heteroatoms. The highest BCUT2D eigenvalue weighted by Crippen LogP contribution is 2.24. The van der Waals surface area contributed by atoms with Gasteiger partial charge in [-0.05, 0) is 24.3 Å². The molecule has 0 spiro atoms. The first-order chi connectivity index (χ1) is 13.4. The summed E-state index contributed by atoms with van der Waals surface area (Å²) in [5.41, 5.74) is 0.681. The molecule has 3 amide bonds. The van der Waals surface area contributed by atoms with Crippen molar-refractivity contribution in [2.75, 3.05) is 19.6 Å². The van der Waals surface area contributed by atoms with Gasteiger partial charge in [0.1, 0.15) is 11.5 Å². The van der Waals surface area contributed by atoms with E-state index in [0.29, 0.717) is 16.9 Å². The number of fused-ring (bicyclic) bond motifs is 1. The summed E-state index contributed by atoms with van der Waals surface area (Å²) in [5, 5.41) is -0.624. The highest BCUT2D eigenvalue weighted by Gasteiger charge is 2.41. The second-order valence-electron chi connectivity index (χ2n) is 6.86. The van der Waals surface area contributed by atoms with Gasteiger partial charge in [0.15, 0.2) is 9.84 Å². The van der Waals surface area contributed by atoms with E-state index in [1.807, 2.05) is 0 Å². The Hall–Kier alpha value is -2.94. The molecule has 0 saturated carbocycles. The van der Waals surface area contributed by atoms with Gasteiger partial charge in [-0.3, -0.25) is 19.3 Å². The Labute approximate surface area is 161 Å². The molecule has 2 aliphatic rings. The Balaban J connectivity index is 1.30. The number of sulfone groups is 1. The molecule has 0 atom stereocenters. The van der Waals surface area contributed by atoms with Crippen LogP contribution in [0, 0.1) is 0 Å². The van der Waals surface area contributed by atoms with Crippen molar-refractivity contribution in [1.29, 1.82) is 0 Å². The number of carbonyl (C=O) groups excluding carboxylic acids is 3. The zero-order valence-electron chi connectivity index (χ0n) is 14.9. The first kappa shape index (κ1) is 18.4. The summed E-state index contributed by atoms with van der Waals surface area (Å²) in [5.74, 6) is -0.912. The van der Waals surface area contributed by atoms with Gasteiger partial charge in [0.25, 0.3) is 11.8 Å². The number of nitrogens with zero attached hydrogens (tertiary/aromatic N) is 2. The van der Waals surface area contributed by atoms with Crippen molar-refractivity contribution in [3.63, 3.8) is 0 Å². The standard InChI is InChI=1S/C19H18N2O6S/c22-17(7-8-21-18(23)15-5-1-2-6-16(15)19(21)24)20-10-14(11-20)28(25,26)12-13-4-3-9-27-13/h1-6,9,14H,7-8,10-12H2. The summed E-state index contributed by atoms with van der Waals surface area (Å²) < 4.78 is 29.7. The van der Waals surface area contributed by atoms with E-state index in [4.69, 9.17) is 4.42 Å². The Morgan fingerprint density at radius 2 is 1.68 bits per heavy atom. The van der Waals surface area contributed by atoms with Crippen LogP contribution in [0.3, 0.4) is 0 Å². The third-order valence-corrected chi connectivity index (χ3v) is 7.06. The van der Waals surface area contributed by atoms with Crippen LogP contribution < -0.4 is 0 Å². The Morgan fingerprint density at radius 3 is 2.25 bits per heavy atom. The molecule has 4 rings (SSSR count). The van der Waals surface area contributed by atoms with Gasteiger partial charge in [0.05, 0.1) is 22.6 Å². The number of furan rings is 1. The predicted molar refractivity (Wildman–Crippen MR) is 98.1 cm³/mol. The summed E-state index contributed by atoms with van der Waals surface area (Å²) in [6.45, 7) is 0.208. The summed E-state index contributed by atoms with van der Waals surface area (Å²) in [6, 6.07) is 9.76. The smallest absolute Gasteiger partial charge is 0.261 e. The van der Waals surface area contributed by atoms with Crippen LogP contribution in [0.5, 0.6) is 0 Å². The maximum absolute atomic E-state index is 12.3. The van der Waals surface area contributed by atoms with E-state index < -0.39 is 26.9 Å². The fraction of sp³-hybridized carbons (Fsp3) is 0.316. The first-order valence-electron chi connectivity index (χ1n) is 8.84. The number of amides is 3. The maximum atomic E-state index is 12.3. The molecule has 1 saturated heterocycles. The summed E-state index contributed by atoms with van der Waals surface area (Å²) in [6.07, 6.45) is 1.39. The van der Waals surface area contributed by atoms with Crippen molar-refractivity contribution >= 4 is 27.6 Å². The van der Waals surface area contributed by atoms with E-state index in [1.54, 1.807) is 36.4 Å². The SMILES string of the molecule is O=C(CCN1C(=O)c2ccccc2C1=O)N1CC(S(=O)(=O)Cc2ccco2)C1. The molecule has 0 aliphatic carbocycles. The van der Waals surface area contributed by atoms with Gasteiger partial charge in [-0.15, -0.1) is 0 Å². The zero-order chi connectivity index (χ0) is 19.9. The summed E-state index contributed by atoms with van der Waals surface area (Å²) in [4.78, 5) is 39.4. The van der Waals surface area contributed by atoms with Gasteiger partial charge in [0, 0.05) is 26.1 Å². The fourth-order valence-electron chi connectivity index (χ4n) is 3.39. The van der Waals surface area contributed by atoms with E-state index in [0.717, 1.165) is 4.90 Å². The molecular formula is C19H18N2O6S. The molecule has 0 bridgehead atoms. The highest BCUT2D eigenvalue weighted by atomic mass is 32.2. The van der Waals surface area contributed by atoms with Crippen LogP contribution in [0.4, 0.5) is 0 Å². The molecule has 146 valence electrons. The van der Waals surface area contributed by atoms with Crippen LogP contribution in [0.15, 0.2) is 47.1 Å². The van der Waals surface area contributed by atoms with Crippen LogP contribution in [0.25, 0.3) is 0 Å². The van der Waals surface area contributed by atoms with Crippen LogP contribution >= 0.6 is 0 Å². The minimum atomic E-state index is -3.40. The molecule has 0 unspecified atom stereocenters. The second-order valence-corrected chi connectivity index (χ2v) is 9.15. The number of carbonyl (C=O) groups is 3. The minimum Gasteiger partial charge on any atom is -0.468 e. The van der Waals surface area contributed by atoms with E-state index >= 15 is 0 Å². The maximum Gasteiger partial charge on any atom is 0.261 e. The third kappa shape index (κ3) is 3.22. The van der Waals surface area contributed by atoms with Crippen molar-refractivity contribution in [1.82, 2.24) is 9.80 Å². The lowest BCUT2D eigenvalue weighted by atomic mass is 10.1.